The van der Waals surface area contributed by atoms with Crippen molar-refractivity contribution in [1.82, 2.24) is 10.2 Å². The lowest BCUT2D eigenvalue weighted by Crippen LogP contribution is -2.52. The van der Waals surface area contributed by atoms with Gasteiger partial charge >= 0.3 is 0 Å². The number of amides is 2. The summed E-state index contributed by atoms with van der Waals surface area (Å²) in [6.07, 6.45) is 1.60. The third-order valence-corrected chi connectivity index (χ3v) is 7.37. The van der Waals surface area contributed by atoms with E-state index in [1.807, 2.05) is 68.4 Å². The Hall–Kier alpha value is -2.76. The lowest BCUT2D eigenvalue weighted by atomic mass is 10.0. The quantitative estimate of drug-likeness (QED) is 0.270. The fraction of sp³-hybridized carbons (Fsp3) is 0.333. The summed E-state index contributed by atoms with van der Waals surface area (Å²) in [6.45, 7) is 6.40. The molecule has 3 rings (SSSR count). The van der Waals surface area contributed by atoms with E-state index in [9.17, 15) is 9.59 Å². The molecule has 3 aromatic carbocycles. The molecule has 36 heavy (non-hydrogen) atoms. The van der Waals surface area contributed by atoms with E-state index < -0.39 is 6.04 Å². The molecule has 2 amide bonds. The summed E-state index contributed by atoms with van der Waals surface area (Å²) in [5, 5.41) is 3.72. The minimum Gasteiger partial charge on any atom is -0.352 e. The van der Waals surface area contributed by atoms with E-state index in [1.54, 1.807) is 16.7 Å². The number of carbonyl (C=O) groups excluding carboxylic acids is 2. The van der Waals surface area contributed by atoms with Crippen LogP contribution in [0.4, 0.5) is 0 Å². The second-order valence-electron chi connectivity index (χ2n) is 9.09. The fourth-order valence-electron chi connectivity index (χ4n) is 3.86. The van der Waals surface area contributed by atoms with Crippen LogP contribution in [0.5, 0.6) is 0 Å². The largest absolute Gasteiger partial charge is 0.352 e. The summed E-state index contributed by atoms with van der Waals surface area (Å²) in [6, 6.07) is 25.0. The van der Waals surface area contributed by atoms with Gasteiger partial charge < -0.3 is 10.2 Å². The first kappa shape index (κ1) is 27.8. The molecule has 0 saturated heterocycles. The molecule has 0 radical (unpaired) electrons. The second-order valence-corrected chi connectivity index (χ2v) is 10.7. The fourth-order valence-corrected chi connectivity index (χ4v) is 4.92. The lowest BCUT2D eigenvalue weighted by Gasteiger charge is -2.32. The highest BCUT2D eigenvalue weighted by Crippen LogP contribution is 2.22. The van der Waals surface area contributed by atoms with E-state index in [-0.39, 0.29) is 17.9 Å². The average molecular weight is 523 g/mol. The van der Waals surface area contributed by atoms with Crippen molar-refractivity contribution < 1.29 is 9.59 Å². The summed E-state index contributed by atoms with van der Waals surface area (Å²) >= 11 is 7.90. The van der Waals surface area contributed by atoms with Crippen molar-refractivity contribution in [1.29, 1.82) is 0 Å². The molecule has 0 aromatic heterocycles. The standard InChI is InChI=1S/C30H35ClN2O2S/c1-4-23(3)32-30(35)28(20-24-9-6-5-7-10-24)33(21-25-11-8-12-26(31)19-25)29(34)17-18-36-27-15-13-22(2)14-16-27/h5-16,19,23,28H,4,17-18,20-21H2,1-3H3,(H,32,35)/t23-,28+/m1/s1. The molecule has 0 aliphatic carbocycles. The van der Waals surface area contributed by atoms with Gasteiger partial charge in [-0.3, -0.25) is 9.59 Å². The van der Waals surface area contributed by atoms with Gasteiger partial charge in [-0.1, -0.05) is 78.7 Å². The first-order valence-electron chi connectivity index (χ1n) is 12.4. The van der Waals surface area contributed by atoms with Gasteiger partial charge in [0.15, 0.2) is 0 Å². The van der Waals surface area contributed by atoms with Gasteiger partial charge in [0.25, 0.3) is 0 Å². The SMILES string of the molecule is CC[C@@H](C)NC(=O)[C@H](Cc1ccccc1)N(Cc1cccc(Cl)c1)C(=O)CCSc1ccc(C)cc1. The first-order valence-corrected chi connectivity index (χ1v) is 13.8. The third-order valence-electron chi connectivity index (χ3n) is 6.12. The predicted molar refractivity (Wildman–Crippen MR) is 150 cm³/mol. The predicted octanol–water partition coefficient (Wildman–Crippen LogP) is 6.69. The van der Waals surface area contributed by atoms with Crippen molar-refractivity contribution in [2.45, 2.75) is 63.6 Å². The normalized spacial score (nSPS) is 12.6. The maximum Gasteiger partial charge on any atom is 0.243 e. The van der Waals surface area contributed by atoms with Crippen molar-refractivity contribution in [2.24, 2.45) is 0 Å². The van der Waals surface area contributed by atoms with Crippen LogP contribution < -0.4 is 5.32 Å². The topological polar surface area (TPSA) is 49.4 Å². The highest BCUT2D eigenvalue weighted by atomic mass is 35.5. The smallest absolute Gasteiger partial charge is 0.243 e. The molecule has 0 aliphatic heterocycles. The van der Waals surface area contributed by atoms with Gasteiger partial charge in [-0.05, 0) is 55.7 Å². The summed E-state index contributed by atoms with van der Waals surface area (Å²) in [4.78, 5) is 30.0. The first-order chi connectivity index (χ1) is 17.4. The molecule has 0 spiro atoms. The van der Waals surface area contributed by atoms with Crippen molar-refractivity contribution in [3.05, 3.63) is 101 Å². The zero-order valence-electron chi connectivity index (χ0n) is 21.2. The molecule has 0 fully saturated rings. The highest BCUT2D eigenvalue weighted by Gasteiger charge is 2.30. The number of aryl methyl sites for hydroxylation is 1. The van der Waals surface area contributed by atoms with Gasteiger partial charge in [0.05, 0.1) is 0 Å². The molecule has 2 atom stereocenters. The van der Waals surface area contributed by atoms with Gasteiger partial charge in [-0.15, -0.1) is 11.8 Å². The molecule has 0 unspecified atom stereocenters. The molecule has 4 nitrogen and oxygen atoms in total. The monoisotopic (exact) mass is 522 g/mol. The zero-order valence-corrected chi connectivity index (χ0v) is 22.8. The van der Waals surface area contributed by atoms with Crippen LogP contribution in [-0.4, -0.2) is 34.6 Å². The number of thioether (sulfide) groups is 1. The Bertz CT molecular complexity index is 1120. The molecule has 0 aliphatic rings. The van der Waals surface area contributed by atoms with Gasteiger partial charge in [-0.25, -0.2) is 0 Å². The van der Waals surface area contributed by atoms with Gasteiger partial charge in [-0.2, -0.15) is 0 Å². The van der Waals surface area contributed by atoms with Crippen LogP contribution in [-0.2, 0) is 22.6 Å². The number of nitrogens with one attached hydrogen (secondary N) is 1. The molecule has 1 N–H and O–H groups in total. The van der Waals surface area contributed by atoms with Gasteiger partial charge in [0.1, 0.15) is 6.04 Å². The Morgan fingerprint density at radius 1 is 0.972 bits per heavy atom. The van der Waals surface area contributed by atoms with Crippen LogP contribution >= 0.6 is 23.4 Å². The summed E-state index contributed by atoms with van der Waals surface area (Å²) in [5.74, 6) is 0.462. The minimum atomic E-state index is -0.628. The average Bonchev–Trinajstić information content (AvgIpc) is 2.87. The second kappa shape index (κ2) is 14.1. The third kappa shape index (κ3) is 8.72. The van der Waals surface area contributed by atoms with Crippen molar-refractivity contribution in [3.8, 4) is 0 Å². The van der Waals surface area contributed by atoms with Crippen LogP contribution in [0.1, 0.15) is 43.4 Å². The van der Waals surface area contributed by atoms with Crippen LogP contribution in [0, 0.1) is 6.92 Å². The van der Waals surface area contributed by atoms with E-state index >= 15 is 0 Å². The maximum atomic E-state index is 13.7. The summed E-state index contributed by atoms with van der Waals surface area (Å²) < 4.78 is 0. The number of halogens is 1. The van der Waals surface area contributed by atoms with E-state index in [0.29, 0.717) is 30.2 Å². The Labute approximate surface area is 224 Å². The van der Waals surface area contributed by atoms with E-state index in [0.717, 1.165) is 22.4 Å². The number of hydrogen-bond acceptors (Lipinski definition) is 3. The summed E-state index contributed by atoms with van der Waals surface area (Å²) in [7, 11) is 0. The van der Waals surface area contributed by atoms with Crippen molar-refractivity contribution in [2.75, 3.05) is 5.75 Å². The molecule has 0 bridgehead atoms. The Balaban J connectivity index is 1.85. The molecule has 0 saturated carbocycles. The van der Waals surface area contributed by atoms with Crippen LogP contribution in [0.2, 0.25) is 5.02 Å². The number of nitrogens with zero attached hydrogens (tertiary/aromatic N) is 1. The van der Waals surface area contributed by atoms with Crippen LogP contribution in [0.15, 0.2) is 83.8 Å². The Morgan fingerprint density at radius 2 is 1.67 bits per heavy atom. The van der Waals surface area contributed by atoms with Gasteiger partial charge in [0.2, 0.25) is 11.8 Å². The minimum absolute atomic E-state index is 0.0241. The highest BCUT2D eigenvalue weighted by molar-refractivity contribution is 7.99. The molecular formula is C30H35ClN2O2S. The molecular weight excluding hydrogens is 488 g/mol. The Morgan fingerprint density at radius 3 is 2.33 bits per heavy atom. The van der Waals surface area contributed by atoms with Gasteiger partial charge in [0, 0.05) is 41.1 Å². The van der Waals surface area contributed by atoms with Crippen LogP contribution in [0.25, 0.3) is 0 Å². The molecule has 3 aromatic rings. The van der Waals surface area contributed by atoms with E-state index in [4.69, 9.17) is 11.6 Å². The number of rotatable bonds is 12. The van der Waals surface area contributed by atoms with E-state index in [2.05, 4.69) is 36.5 Å². The number of hydrogen-bond donors (Lipinski definition) is 1. The van der Waals surface area contributed by atoms with Crippen LogP contribution in [0.3, 0.4) is 0 Å². The van der Waals surface area contributed by atoms with E-state index in [1.165, 1.54) is 5.56 Å². The molecule has 190 valence electrons. The summed E-state index contributed by atoms with van der Waals surface area (Å²) in [5.41, 5.74) is 3.12. The lowest BCUT2D eigenvalue weighted by molar-refractivity contribution is -0.141. The number of benzene rings is 3. The molecule has 6 heteroatoms. The molecule has 0 heterocycles. The maximum absolute atomic E-state index is 13.7. The van der Waals surface area contributed by atoms with Crippen molar-refractivity contribution in [3.63, 3.8) is 0 Å². The zero-order chi connectivity index (χ0) is 25.9. The Kier molecular flexibility index (Phi) is 10.9. The van der Waals surface area contributed by atoms with Crippen molar-refractivity contribution >= 4 is 35.2 Å². The number of carbonyl (C=O) groups is 2.